The van der Waals surface area contributed by atoms with Crippen molar-refractivity contribution < 1.29 is 9.53 Å². The van der Waals surface area contributed by atoms with E-state index in [2.05, 4.69) is 31.8 Å². The number of rotatable bonds is 3. The topological polar surface area (TPSA) is 26.3 Å². The van der Waals surface area contributed by atoms with Gasteiger partial charge >= 0.3 is 5.97 Å². The zero-order valence-corrected chi connectivity index (χ0v) is 11.0. The maximum atomic E-state index is 11.4. The first-order chi connectivity index (χ1) is 6.92. The van der Waals surface area contributed by atoms with Gasteiger partial charge < -0.3 is 4.74 Å². The predicted octanol–water partition coefficient (Wildman–Crippen LogP) is 3.00. The summed E-state index contributed by atoms with van der Waals surface area (Å²) in [6.07, 6.45) is 7.08. The van der Waals surface area contributed by atoms with Gasteiger partial charge in [-0.1, -0.05) is 43.4 Å². The highest BCUT2D eigenvalue weighted by molar-refractivity contribution is 6.76. The normalized spacial score (nSPS) is 21.1. The molecular formula is C12H20O2Si. The van der Waals surface area contributed by atoms with Crippen LogP contribution in [0.2, 0.25) is 25.7 Å². The first-order valence-corrected chi connectivity index (χ1v) is 9.07. The third-order valence-electron chi connectivity index (χ3n) is 2.37. The van der Waals surface area contributed by atoms with Crippen molar-refractivity contribution >= 4 is 14.0 Å². The van der Waals surface area contributed by atoms with Gasteiger partial charge in [-0.25, -0.2) is 0 Å². The van der Waals surface area contributed by atoms with Crippen LogP contribution in [-0.2, 0) is 9.53 Å². The van der Waals surface area contributed by atoms with Gasteiger partial charge in [0.1, 0.15) is 0 Å². The maximum absolute atomic E-state index is 11.4. The Bertz CT molecular complexity index is 297. The average Bonchev–Trinajstić information content (AvgIpc) is 2.14. The van der Waals surface area contributed by atoms with Crippen LogP contribution in [0.25, 0.3) is 0 Å². The molecule has 1 aliphatic carbocycles. The largest absolute Gasteiger partial charge is 0.468 e. The van der Waals surface area contributed by atoms with E-state index >= 15 is 0 Å². The third kappa shape index (κ3) is 4.04. The van der Waals surface area contributed by atoms with E-state index in [1.54, 1.807) is 0 Å². The molecule has 0 saturated heterocycles. The Morgan fingerprint density at radius 1 is 1.53 bits per heavy atom. The summed E-state index contributed by atoms with van der Waals surface area (Å²) in [7, 11) is 0.368. The molecule has 1 atom stereocenters. The lowest BCUT2D eigenvalue weighted by Crippen LogP contribution is -2.22. The number of hydrogen-bond donors (Lipinski definition) is 0. The highest BCUT2D eigenvalue weighted by Gasteiger charge is 2.20. The molecule has 0 aromatic rings. The second kappa shape index (κ2) is 4.79. The van der Waals surface area contributed by atoms with Gasteiger partial charge in [0.25, 0.3) is 0 Å². The molecule has 0 saturated carbocycles. The second-order valence-corrected chi connectivity index (χ2v) is 10.7. The second-order valence-electron chi connectivity index (χ2n) is 5.24. The van der Waals surface area contributed by atoms with Crippen molar-refractivity contribution in [2.45, 2.75) is 32.1 Å². The highest BCUT2D eigenvalue weighted by atomic mass is 28.3. The summed E-state index contributed by atoms with van der Waals surface area (Å²) in [5.74, 6) is -0.311. The van der Waals surface area contributed by atoms with Crippen LogP contribution in [0.1, 0.15) is 6.42 Å². The van der Waals surface area contributed by atoms with Crippen LogP contribution in [0.3, 0.4) is 0 Å². The summed E-state index contributed by atoms with van der Waals surface area (Å²) in [6, 6.07) is 1.17. The first-order valence-electron chi connectivity index (χ1n) is 5.36. The number of esters is 1. The Morgan fingerprint density at radius 2 is 2.20 bits per heavy atom. The van der Waals surface area contributed by atoms with Gasteiger partial charge in [0, 0.05) is 8.07 Å². The molecule has 0 aromatic carbocycles. The van der Waals surface area contributed by atoms with Gasteiger partial charge in [0.05, 0.1) is 13.0 Å². The molecule has 15 heavy (non-hydrogen) atoms. The molecule has 0 unspecified atom stereocenters. The summed E-state index contributed by atoms with van der Waals surface area (Å²) in [5.41, 5.74) is 1.40. The molecule has 0 aromatic heterocycles. The summed E-state index contributed by atoms with van der Waals surface area (Å²) in [5, 5.41) is 0. The number of allylic oxidation sites excluding steroid dienone is 2. The minimum absolute atomic E-state index is 0.154. The Kier molecular flexibility index (Phi) is 3.91. The van der Waals surface area contributed by atoms with E-state index in [4.69, 9.17) is 4.74 Å². The van der Waals surface area contributed by atoms with E-state index in [1.807, 2.05) is 6.08 Å². The Morgan fingerprint density at radius 3 is 2.73 bits per heavy atom. The summed E-state index contributed by atoms with van der Waals surface area (Å²) >= 11 is 0. The molecule has 0 heterocycles. The molecule has 84 valence electrons. The van der Waals surface area contributed by atoms with Gasteiger partial charge in [-0.3, -0.25) is 4.79 Å². The molecular weight excluding hydrogens is 204 g/mol. The van der Waals surface area contributed by atoms with E-state index < -0.39 is 8.07 Å². The number of carbonyl (C=O) groups excluding carboxylic acids is 1. The van der Waals surface area contributed by atoms with E-state index in [0.717, 1.165) is 6.42 Å². The van der Waals surface area contributed by atoms with E-state index in [0.29, 0.717) is 0 Å². The molecule has 1 rings (SSSR count). The summed E-state index contributed by atoms with van der Waals surface area (Å²) in [6.45, 7) is 7.04. The molecule has 0 aliphatic heterocycles. The van der Waals surface area contributed by atoms with E-state index in [1.165, 1.54) is 18.7 Å². The monoisotopic (exact) mass is 224 g/mol. The SMILES string of the molecule is COC(=O)[C@@H]1C=CCC(C[Si](C)(C)C)=C1. The number of hydrogen-bond acceptors (Lipinski definition) is 2. The zero-order valence-electron chi connectivity index (χ0n) is 10.0. The lowest BCUT2D eigenvalue weighted by molar-refractivity contribution is -0.142. The number of methoxy groups -OCH3 is 1. The van der Waals surface area contributed by atoms with Crippen molar-refractivity contribution in [2.75, 3.05) is 7.11 Å². The van der Waals surface area contributed by atoms with Gasteiger partial charge in [-0.05, 0) is 12.5 Å². The molecule has 0 bridgehead atoms. The van der Waals surface area contributed by atoms with Crippen LogP contribution in [0.15, 0.2) is 23.8 Å². The molecule has 2 nitrogen and oxygen atoms in total. The Balaban J connectivity index is 2.68. The fourth-order valence-corrected chi connectivity index (χ4v) is 3.46. The van der Waals surface area contributed by atoms with Crippen LogP contribution < -0.4 is 0 Å². The van der Waals surface area contributed by atoms with Crippen molar-refractivity contribution in [2.24, 2.45) is 5.92 Å². The average molecular weight is 224 g/mol. The Labute approximate surface area is 93.0 Å². The molecule has 0 amide bonds. The quantitative estimate of drug-likeness (QED) is 0.418. The minimum atomic E-state index is -1.07. The Hall–Kier alpha value is -0.833. The molecule has 0 N–H and O–H groups in total. The van der Waals surface area contributed by atoms with Crippen LogP contribution in [0.5, 0.6) is 0 Å². The molecule has 0 radical (unpaired) electrons. The third-order valence-corrected chi connectivity index (χ3v) is 3.88. The first kappa shape index (κ1) is 12.2. The van der Waals surface area contributed by atoms with E-state index in [-0.39, 0.29) is 11.9 Å². The fraction of sp³-hybridized carbons (Fsp3) is 0.583. The maximum Gasteiger partial charge on any atom is 0.316 e. The predicted molar refractivity (Wildman–Crippen MR) is 65.5 cm³/mol. The van der Waals surface area contributed by atoms with Crippen LogP contribution >= 0.6 is 0 Å². The summed E-state index contributed by atoms with van der Waals surface area (Å²) < 4.78 is 4.74. The fourth-order valence-electron chi connectivity index (χ4n) is 1.84. The van der Waals surface area contributed by atoms with Crippen LogP contribution in [0, 0.1) is 5.92 Å². The number of carbonyl (C=O) groups is 1. The van der Waals surface area contributed by atoms with Gasteiger partial charge in [-0.2, -0.15) is 0 Å². The molecule has 1 aliphatic rings. The standard InChI is InChI=1S/C12H20O2Si/c1-14-12(13)11-7-5-6-10(8-11)9-15(2,3)4/h5,7-8,11H,6,9H2,1-4H3/t11-/m1/s1. The van der Waals surface area contributed by atoms with Crippen molar-refractivity contribution in [3.63, 3.8) is 0 Å². The zero-order chi connectivity index (χ0) is 11.5. The smallest absolute Gasteiger partial charge is 0.316 e. The van der Waals surface area contributed by atoms with Crippen LogP contribution in [0.4, 0.5) is 0 Å². The number of ether oxygens (including phenoxy) is 1. The summed E-state index contributed by atoms with van der Waals surface area (Å²) in [4.78, 5) is 11.4. The van der Waals surface area contributed by atoms with Gasteiger partial charge in [-0.15, -0.1) is 0 Å². The lowest BCUT2D eigenvalue weighted by Gasteiger charge is -2.21. The van der Waals surface area contributed by atoms with Crippen LogP contribution in [-0.4, -0.2) is 21.2 Å². The van der Waals surface area contributed by atoms with E-state index in [9.17, 15) is 4.79 Å². The van der Waals surface area contributed by atoms with Crippen molar-refractivity contribution in [3.8, 4) is 0 Å². The molecule has 0 spiro atoms. The van der Waals surface area contributed by atoms with Gasteiger partial charge in [0.2, 0.25) is 0 Å². The van der Waals surface area contributed by atoms with Crippen molar-refractivity contribution in [3.05, 3.63) is 23.8 Å². The minimum Gasteiger partial charge on any atom is -0.468 e. The lowest BCUT2D eigenvalue weighted by atomic mass is 9.98. The molecule has 0 fully saturated rings. The highest BCUT2D eigenvalue weighted by Crippen LogP contribution is 2.25. The van der Waals surface area contributed by atoms with Gasteiger partial charge in [0.15, 0.2) is 0 Å². The van der Waals surface area contributed by atoms with Crippen molar-refractivity contribution in [1.82, 2.24) is 0 Å². The van der Waals surface area contributed by atoms with Crippen molar-refractivity contribution in [1.29, 1.82) is 0 Å². The molecule has 3 heteroatoms.